The quantitative estimate of drug-likeness (QED) is 0.834. The lowest BCUT2D eigenvalue weighted by Crippen LogP contribution is -2.23. The monoisotopic (exact) mass is 401 g/mol. The minimum atomic E-state index is -0.265. The molecule has 0 radical (unpaired) electrons. The van der Waals surface area contributed by atoms with Crippen molar-refractivity contribution in [1.82, 2.24) is 19.7 Å². The molecule has 2 N–H and O–H groups in total. The highest BCUT2D eigenvalue weighted by Crippen LogP contribution is 2.27. The van der Waals surface area contributed by atoms with Crippen LogP contribution in [0, 0.1) is 0 Å². The number of halogens is 2. The van der Waals surface area contributed by atoms with Gasteiger partial charge in [0.2, 0.25) is 0 Å². The van der Waals surface area contributed by atoms with Gasteiger partial charge >= 0.3 is 0 Å². The second kappa shape index (κ2) is 6.80. The van der Waals surface area contributed by atoms with Crippen LogP contribution in [0.1, 0.15) is 17.3 Å². The van der Waals surface area contributed by atoms with Gasteiger partial charge in [-0.3, -0.25) is 9.67 Å². The van der Waals surface area contributed by atoms with Gasteiger partial charge in [0, 0.05) is 23.4 Å². The van der Waals surface area contributed by atoms with Crippen molar-refractivity contribution in [2.75, 3.05) is 20.6 Å². The van der Waals surface area contributed by atoms with Crippen LogP contribution in [0.15, 0.2) is 33.6 Å². The average Bonchev–Trinajstić information content (AvgIpc) is 2.76. The van der Waals surface area contributed by atoms with E-state index in [1.165, 1.54) is 0 Å². The molecule has 0 amide bonds. The van der Waals surface area contributed by atoms with Crippen LogP contribution in [-0.2, 0) is 6.54 Å². The molecule has 5 nitrogen and oxygen atoms in total. The standard InChI is InChI=1S/C13H17Br2N5/c1-19(2)3-4-20-13(11(15)8-18-20)12(16)9-5-10(14)7-17-6-9/h5-8,12H,3-4,16H2,1-2H3. The average molecular weight is 403 g/mol. The molecule has 20 heavy (non-hydrogen) atoms. The fraction of sp³-hybridized carbons (Fsp3) is 0.385. The highest BCUT2D eigenvalue weighted by Gasteiger charge is 2.18. The molecular weight excluding hydrogens is 386 g/mol. The van der Waals surface area contributed by atoms with Gasteiger partial charge in [0.1, 0.15) is 0 Å². The summed E-state index contributed by atoms with van der Waals surface area (Å²) >= 11 is 6.95. The van der Waals surface area contributed by atoms with Crippen LogP contribution in [0.4, 0.5) is 0 Å². The molecule has 0 aromatic carbocycles. The summed E-state index contributed by atoms with van der Waals surface area (Å²) in [7, 11) is 4.08. The summed E-state index contributed by atoms with van der Waals surface area (Å²) in [6, 6.07) is 1.71. The Morgan fingerprint density at radius 2 is 2.05 bits per heavy atom. The first-order valence-corrected chi connectivity index (χ1v) is 7.79. The van der Waals surface area contributed by atoms with Gasteiger partial charge in [-0.05, 0) is 57.6 Å². The van der Waals surface area contributed by atoms with E-state index in [0.29, 0.717) is 0 Å². The molecular formula is C13H17Br2N5. The SMILES string of the molecule is CN(C)CCn1ncc(Br)c1C(N)c1cncc(Br)c1. The summed E-state index contributed by atoms with van der Waals surface area (Å²) in [6.45, 7) is 1.70. The molecule has 108 valence electrons. The van der Waals surface area contributed by atoms with Crippen molar-refractivity contribution in [3.05, 3.63) is 44.9 Å². The first-order valence-electron chi connectivity index (χ1n) is 6.21. The fourth-order valence-electron chi connectivity index (χ4n) is 1.91. The van der Waals surface area contributed by atoms with Crippen molar-refractivity contribution < 1.29 is 0 Å². The van der Waals surface area contributed by atoms with Gasteiger partial charge in [0.25, 0.3) is 0 Å². The first-order chi connectivity index (χ1) is 9.49. The van der Waals surface area contributed by atoms with Crippen molar-refractivity contribution in [2.45, 2.75) is 12.6 Å². The predicted octanol–water partition coefficient (Wildman–Crippen LogP) is 2.41. The molecule has 2 aromatic rings. The Labute approximate surface area is 135 Å². The van der Waals surface area contributed by atoms with Crippen LogP contribution in [-0.4, -0.2) is 40.3 Å². The third kappa shape index (κ3) is 3.66. The third-order valence-electron chi connectivity index (χ3n) is 2.97. The van der Waals surface area contributed by atoms with E-state index in [2.05, 4.69) is 46.8 Å². The van der Waals surface area contributed by atoms with Gasteiger partial charge in [-0.25, -0.2) is 0 Å². The van der Waals surface area contributed by atoms with E-state index < -0.39 is 0 Å². The van der Waals surface area contributed by atoms with Gasteiger partial charge in [0.05, 0.1) is 29.0 Å². The van der Waals surface area contributed by atoms with E-state index in [4.69, 9.17) is 5.73 Å². The number of nitrogens with two attached hydrogens (primary N) is 1. The minimum Gasteiger partial charge on any atom is -0.319 e. The van der Waals surface area contributed by atoms with Gasteiger partial charge in [-0.15, -0.1) is 0 Å². The van der Waals surface area contributed by atoms with Crippen LogP contribution >= 0.6 is 31.9 Å². The maximum atomic E-state index is 6.37. The molecule has 0 aliphatic heterocycles. The minimum absolute atomic E-state index is 0.265. The summed E-state index contributed by atoms with van der Waals surface area (Å²) in [5.74, 6) is 0. The van der Waals surface area contributed by atoms with Crippen molar-refractivity contribution in [3.63, 3.8) is 0 Å². The second-order valence-electron chi connectivity index (χ2n) is 4.82. The fourth-order valence-corrected chi connectivity index (χ4v) is 2.84. The lowest BCUT2D eigenvalue weighted by Gasteiger charge is -2.17. The topological polar surface area (TPSA) is 60.0 Å². The molecule has 0 bridgehead atoms. The van der Waals surface area contributed by atoms with E-state index in [1.807, 2.05) is 24.8 Å². The smallest absolute Gasteiger partial charge is 0.0750 e. The maximum absolute atomic E-state index is 6.37. The predicted molar refractivity (Wildman–Crippen MR) is 86.4 cm³/mol. The summed E-state index contributed by atoms with van der Waals surface area (Å²) < 4.78 is 3.78. The van der Waals surface area contributed by atoms with E-state index in [1.54, 1.807) is 18.6 Å². The molecule has 2 aromatic heterocycles. The van der Waals surface area contributed by atoms with E-state index in [0.717, 1.165) is 33.3 Å². The molecule has 0 aliphatic rings. The highest BCUT2D eigenvalue weighted by atomic mass is 79.9. The van der Waals surface area contributed by atoms with Crippen molar-refractivity contribution >= 4 is 31.9 Å². The number of hydrogen-bond donors (Lipinski definition) is 1. The Morgan fingerprint density at radius 1 is 1.30 bits per heavy atom. The third-order valence-corrected chi connectivity index (χ3v) is 4.02. The van der Waals surface area contributed by atoms with Gasteiger partial charge in [-0.1, -0.05) is 0 Å². The largest absolute Gasteiger partial charge is 0.319 e. The maximum Gasteiger partial charge on any atom is 0.0750 e. The zero-order chi connectivity index (χ0) is 14.7. The number of rotatable bonds is 5. The van der Waals surface area contributed by atoms with Crippen molar-refractivity contribution in [3.8, 4) is 0 Å². The molecule has 1 unspecified atom stereocenters. The summed E-state index contributed by atoms with van der Waals surface area (Å²) in [4.78, 5) is 6.29. The van der Waals surface area contributed by atoms with Crippen molar-refractivity contribution in [1.29, 1.82) is 0 Å². The number of pyridine rings is 1. The highest BCUT2D eigenvalue weighted by molar-refractivity contribution is 9.10. The lowest BCUT2D eigenvalue weighted by atomic mass is 10.1. The van der Waals surface area contributed by atoms with E-state index in [-0.39, 0.29) is 6.04 Å². The van der Waals surface area contributed by atoms with Crippen molar-refractivity contribution in [2.24, 2.45) is 5.73 Å². The van der Waals surface area contributed by atoms with Crippen LogP contribution in [0.3, 0.4) is 0 Å². The molecule has 7 heteroatoms. The summed E-state index contributed by atoms with van der Waals surface area (Å²) in [5, 5.41) is 4.39. The van der Waals surface area contributed by atoms with Crippen LogP contribution < -0.4 is 5.73 Å². The molecule has 0 spiro atoms. The normalized spacial score (nSPS) is 12.9. The Bertz CT molecular complexity index is 582. The van der Waals surface area contributed by atoms with Gasteiger partial charge in [0.15, 0.2) is 0 Å². The Balaban J connectivity index is 2.29. The second-order valence-corrected chi connectivity index (χ2v) is 6.59. The Kier molecular flexibility index (Phi) is 5.31. The molecule has 2 heterocycles. The molecule has 0 fully saturated rings. The lowest BCUT2D eigenvalue weighted by molar-refractivity contribution is 0.368. The number of aromatic nitrogens is 3. The molecule has 0 saturated heterocycles. The molecule has 0 saturated carbocycles. The van der Waals surface area contributed by atoms with Crippen LogP contribution in [0.5, 0.6) is 0 Å². The molecule has 0 aliphatic carbocycles. The zero-order valence-corrected chi connectivity index (χ0v) is 14.6. The van der Waals surface area contributed by atoms with Crippen LogP contribution in [0.2, 0.25) is 0 Å². The molecule has 1 atom stereocenters. The van der Waals surface area contributed by atoms with E-state index in [9.17, 15) is 0 Å². The number of hydrogen-bond acceptors (Lipinski definition) is 4. The Hall–Kier alpha value is -0.760. The van der Waals surface area contributed by atoms with Crippen LogP contribution in [0.25, 0.3) is 0 Å². The summed E-state index contributed by atoms with van der Waals surface area (Å²) in [6.07, 6.45) is 5.32. The number of likely N-dealkylation sites (N-methyl/N-ethyl adjacent to an activating group) is 1. The first kappa shape index (κ1) is 15.6. The summed E-state index contributed by atoms with van der Waals surface area (Å²) in [5.41, 5.74) is 8.29. The van der Waals surface area contributed by atoms with E-state index >= 15 is 0 Å². The Morgan fingerprint density at radius 3 is 2.70 bits per heavy atom. The molecule has 2 rings (SSSR count). The van der Waals surface area contributed by atoms with Gasteiger partial charge in [-0.2, -0.15) is 5.10 Å². The van der Waals surface area contributed by atoms with Gasteiger partial charge < -0.3 is 10.6 Å². The number of nitrogens with zero attached hydrogens (tertiary/aromatic N) is 4. The zero-order valence-electron chi connectivity index (χ0n) is 11.4.